The molecule has 1 unspecified atom stereocenters. The summed E-state index contributed by atoms with van der Waals surface area (Å²) in [7, 11) is 0. The number of phenolic OH excluding ortho intramolecular Hbond substituents is 1. The van der Waals surface area contributed by atoms with E-state index in [9.17, 15) is 9.50 Å². The molecule has 4 heteroatoms. The lowest BCUT2D eigenvalue weighted by molar-refractivity contribution is 0.108. The monoisotopic (exact) mass is 238 g/mol. The van der Waals surface area contributed by atoms with Gasteiger partial charge in [0.25, 0.3) is 0 Å². The van der Waals surface area contributed by atoms with Crippen LogP contribution in [0.4, 0.5) is 4.39 Å². The summed E-state index contributed by atoms with van der Waals surface area (Å²) in [4.78, 5) is 2.28. The number of hydrogen-bond acceptors (Lipinski definition) is 3. The molecule has 1 saturated heterocycles. The van der Waals surface area contributed by atoms with Gasteiger partial charge in [0.2, 0.25) is 0 Å². The average Bonchev–Trinajstić information content (AvgIpc) is 2.25. The molecule has 17 heavy (non-hydrogen) atoms. The van der Waals surface area contributed by atoms with E-state index in [0.29, 0.717) is 11.6 Å². The van der Waals surface area contributed by atoms with Gasteiger partial charge in [-0.2, -0.15) is 0 Å². The van der Waals surface area contributed by atoms with Crippen LogP contribution < -0.4 is 5.32 Å². The van der Waals surface area contributed by atoms with Crippen LogP contribution in [0, 0.1) is 5.82 Å². The van der Waals surface area contributed by atoms with E-state index in [1.165, 1.54) is 18.2 Å². The number of aromatic hydroxyl groups is 1. The van der Waals surface area contributed by atoms with Crippen molar-refractivity contribution in [3.63, 3.8) is 0 Å². The molecule has 1 heterocycles. The van der Waals surface area contributed by atoms with Gasteiger partial charge < -0.3 is 10.4 Å². The second kappa shape index (κ2) is 5.02. The molecule has 0 aliphatic carbocycles. The number of nitrogens with one attached hydrogen (secondary N) is 1. The molecule has 0 amide bonds. The van der Waals surface area contributed by atoms with Gasteiger partial charge in [0.1, 0.15) is 11.6 Å². The van der Waals surface area contributed by atoms with Gasteiger partial charge in [-0.15, -0.1) is 0 Å². The van der Waals surface area contributed by atoms with E-state index in [-0.39, 0.29) is 17.6 Å². The van der Waals surface area contributed by atoms with E-state index in [2.05, 4.69) is 17.1 Å². The Kier molecular flexibility index (Phi) is 3.64. The molecule has 1 fully saturated rings. The van der Waals surface area contributed by atoms with Crippen LogP contribution in [0.2, 0.25) is 0 Å². The van der Waals surface area contributed by atoms with Crippen molar-refractivity contribution in [1.29, 1.82) is 0 Å². The Morgan fingerprint density at radius 3 is 2.76 bits per heavy atom. The van der Waals surface area contributed by atoms with Gasteiger partial charge in [-0.3, -0.25) is 4.90 Å². The minimum atomic E-state index is -0.299. The van der Waals surface area contributed by atoms with Gasteiger partial charge in [0.05, 0.1) is 0 Å². The van der Waals surface area contributed by atoms with Gasteiger partial charge in [-0.25, -0.2) is 4.39 Å². The normalized spacial score (nSPS) is 18.1. The Bertz CT molecular complexity index is 393. The highest BCUT2D eigenvalue weighted by Gasteiger charge is 2.28. The third-order valence-electron chi connectivity index (χ3n) is 3.53. The Balaban J connectivity index is 2.21. The fraction of sp³-hybridized carbons (Fsp3) is 0.538. The first kappa shape index (κ1) is 12.3. The van der Waals surface area contributed by atoms with Crippen LogP contribution in [0.25, 0.3) is 0 Å². The van der Waals surface area contributed by atoms with E-state index in [0.717, 1.165) is 19.6 Å². The second-order valence-electron chi connectivity index (χ2n) is 4.52. The highest BCUT2D eigenvalue weighted by molar-refractivity contribution is 5.35. The van der Waals surface area contributed by atoms with E-state index in [4.69, 9.17) is 0 Å². The van der Waals surface area contributed by atoms with Gasteiger partial charge in [0, 0.05) is 30.7 Å². The smallest absolute Gasteiger partial charge is 0.123 e. The molecule has 3 nitrogen and oxygen atoms in total. The van der Waals surface area contributed by atoms with Gasteiger partial charge in [-0.1, -0.05) is 6.92 Å². The third kappa shape index (κ3) is 2.42. The van der Waals surface area contributed by atoms with E-state index in [1.807, 2.05) is 6.92 Å². The van der Waals surface area contributed by atoms with Crippen molar-refractivity contribution < 1.29 is 9.50 Å². The van der Waals surface area contributed by atoms with Crippen molar-refractivity contribution >= 4 is 0 Å². The molecule has 0 saturated carbocycles. The molecule has 1 aromatic rings. The molecule has 2 rings (SSSR count). The topological polar surface area (TPSA) is 35.5 Å². The minimum Gasteiger partial charge on any atom is -0.508 e. The van der Waals surface area contributed by atoms with E-state index in [1.54, 1.807) is 0 Å². The van der Waals surface area contributed by atoms with Crippen molar-refractivity contribution in [3.05, 3.63) is 29.6 Å². The number of likely N-dealkylation sites (N-methyl/N-ethyl adjacent to an activating group) is 1. The summed E-state index contributed by atoms with van der Waals surface area (Å²) in [6.45, 7) is 6.92. The molecular formula is C13H19FN2O. The standard InChI is InChI=1S/C13H19FN2O/c1-3-16(11-7-15-8-11)9(2)12-6-10(14)4-5-13(12)17/h4-6,9,11,15,17H,3,7-8H2,1-2H3. The van der Waals surface area contributed by atoms with Gasteiger partial charge >= 0.3 is 0 Å². The second-order valence-corrected chi connectivity index (χ2v) is 4.52. The number of nitrogens with zero attached hydrogens (tertiary/aromatic N) is 1. The van der Waals surface area contributed by atoms with Crippen LogP contribution in [-0.4, -0.2) is 35.7 Å². The SMILES string of the molecule is CCN(C1CNC1)C(C)c1cc(F)ccc1O. The molecular weight excluding hydrogens is 219 g/mol. The summed E-state index contributed by atoms with van der Waals surface area (Å²) < 4.78 is 13.2. The molecule has 0 bridgehead atoms. The highest BCUT2D eigenvalue weighted by atomic mass is 19.1. The van der Waals surface area contributed by atoms with Crippen molar-refractivity contribution in [2.75, 3.05) is 19.6 Å². The average molecular weight is 238 g/mol. The van der Waals surface area contributed by atoms with Crippen molar-refractivity contribution in [3.8, 4) is 5.75 Å². The van der Waals surface area contributed by atoms with Crippen molar-refractivity contribution in [2.45, 2.75) is 25.9 Å². The lowest BCUT2D eigenvalue weighted by Crippen LogP contribution is -2.57. The maximum Gasteiger partial charge on any atom is 0.123 e. The van der Waals surface area contributed by atoms with Crippen molar-refractivity contribution in [2.24, 2.45) is 0 Å². The summed E-state index contributed by atoms with van der Waals surface area (Å²) in [5.74, 6) is -0.128. The summed E-state index contributed by atoms with van der Waals surface area (Å²) in [6, 6.07) is 4.65. The fourth-order valence-corrected chi connectivity index (χ4v) is 2.39. The maximum absolute atomic E-state index is 13.2. The first-order valence-corrected chi connectivity index (χ1v) is 6.08. The number of rotatable bonds is 4. The predicted molar refractivity (Wildman–Crippen MR) is 65.5 cm³/mol. The van der Waals surface area contributed by atoms with Crippen LogP contribution in [0.5, 0.6) is 5.75 Å². The number of hydrogen-bond donors (Lipinski definition) is 2. The van der Waals surface area contributed by atoms with Crippen LogP contribution in [0.1, 0.15) is 25.5 Å². The molecule has 1 atom stereocenters. The Morgan fingerprint density at radius 1 is 1.53 bits per heavy atom. The Labute approximate surface area is 101 Å². The lowest BCUT2D eigenvalue weighted by Gasteiger charge is -2.41. The number of phenols is 1. The zero-order chi connectivity index (χ0) is 12.4. The summed E-state index contributed by atoms with van der Waals surface area (Å²) in [6.07, 6.45) is 0. The third-order valence-corrected chi connectivity index (χ3v) is 3.53. The number of benzene rings is 1. The lowest BCUT2D eigenvalue weighted by atomic mass is 10.0. The van der Waals surface area contributed by atoms with Crippen LogP contribution >= 0.6 is 0 Å². The van der Waals surface area contributed by atoms with Crippen LogP contribution in [-0.2, 0) is 0 Å². The molecule has 0 radical (unpaired) electrons. The molecule has 1 aliphatic rings. The van der Waals surface area contributed by atoms with Crippen molar-refractivity contribution in [1.82, 2.24) is 10.2 Å². The molecule has 0 aromatic heterocycles. The summed E-state index contributed by atoms with van der Waals surface area (Å²) in [5.41, 5.74) is 0.666. The first-order chi connectivity index (χ1) is 8.13. The fourth-order valence-electron chi connectivity index (χ4n) is 2.39. The van der Waals surface area contributed by atoms with Crippen LogP contribution in [0.15, 0.2) is 18.2 Å². The Morgan fingerprint density at radius 2 is 2.24 bits per heavy atom. The van der Waals surface area contributed by atoms with Gasteiger partial charge in [-0.05, 0) is 31.7 Å². The summed E-state index contributed by atoms with van der Waals surface area (Å²) >= 11 is 0. The van der Waals surface area contributed by atoms with Gasteiger partial charge in [0.15, 0.2) is 0 Å². The highest BCUT2D eigenvalue weighted by Crippen LogP contribution is 2.30. The predicted octanol–water partition coefficient (Wildman–Crippen LogP) is 1.89. The van der Waals surface area contributed by atoms with E-state index >= 15 is 0 Å². The first-order valence-electron chi connectivity index (χ1n) is 6.08. The maximum atomic E-state index is 13.2. The molecule has 2 N–H and O–H groups in total. The Hall–Kier alpha value is -1.13. The zero-order valence-electron chi connectivity index (χ0n) is 10.3. The summed E-state index contributed by atoms with van der Waals surface area (Å²) in [5, 5.41) is 13.0. The van der Waals surface area contributed by atoms with E-state index < -0.39 is 0 Å². The largest absolute Gasteiger partial charge is 0.508 e. The quantitative estimate of drug-likeness (QED) is 0.840. The van der Waals surface area contributed by atoms with Crippen LogP contribution in [0.3, 0.4) is 0 Å². The number of halogens is 1. The minimum absolute atomic E-state index is 0.0304. The molecule has 94 valence electrons. The zero-order valence-corrected chi connectivity index (χ0v) is 10.3. The molecule has 0 spiro atoms. The molecule has 1 aliphatic heterocycles. The molecule has 1 aromatic carbocycles.